The van der Waals surface area contributed by atoms with E-state index < -0.39 is 5.60 Å². The van der Waals surface area contributed by atoms with Gasteiger partial charge in [-0.15, -0.1) is 0 Å². The number of aliphatic hydroxyl groups is 1. The van der Waals surface area contributed by atoms with Gasteiger partial charge in [0.25, 0.3) is 0 Å². The topological polar surface area (TPSA) is 38.0 Å². The first kappa shape index (κ1) is 12.0. The van der Waals surface area contributed by atoms with Crippen LogP contribution >= 0.6 is 24.7 Å². The molecule has 1 aromatic heterocycles. The fraction of sp³-hybridized carbons (Fsp3) is 0.364. The van der Waals surface area contributed by atoms with Crippen LogP contribution in [0.1, 0.15) is 19.5 Å². The molecule has 0 spiro atoms. The monoisotopic (exact) mass is 300 g/mol. The first-order valence-corrected chi connectivity index (χ1v) is 7.26. The Labute approximate surface area is 105 Å². The van der Waals surface area contributed by atoms with Gasteiger partial charge in [-0.2, -0.15) is 5.10 Å². The third-order valence-corrected chi connectivity index (χ3v) is 3.69. The van der Waals surface area contributed by atoms with Crippen molar-refractivity contribution in [2.24, 2.45) is 0 Å². The van der Waals surface area contributed by atoms with E-state index in [9.17, 15) is 5.11 Å². The number of hydrogen-bond donors (Lipinski definition) is 1. The fourth-order valence-electron chi connectivity index (χ4n) is 1.71. The molecule has 1 heterocycles. The predicted octanol–water partition coefficient (Wildman–Crippen LogP) is 3.10. The molecular weight excluding hydrogens is 287 g/mol. The Kier molecular flexibility index (Phi) is 3.08. The van der Waals surface area contributed by atoms with Crippen LogP contribution in [0.2, 0.25) is 0 Å². The molecule has 0 amide bonds. The molecule has 86 valence electrons. The number of aromatic nitrogens is 2. The van der Waals surface area contributed by atoms with Gasteiger partial charge in [0.15, 0.2) is 0 Å². The lowest BCUT2D eigenvalue weighted by molar-refractivity contribution is 0.0751. The average Bonchev–Trinajstić information content (AvgIpc) is 2.54. The Hall–Kier alpha value is -0.440. The summed E-state index contributed by atoms with van der Waals surface area (Å²) in [6.07, 6.45) is 0. The van der Waals surface area contributed by atoms with Crippen LogP contribution in [0.3, 0.4) is 0 Å². The zero-order chi connectivity index (χ0) is 11.9. The largest absolute Gasteiger partial charge is 0.384 e. The van der Waals surface area contributed by atoms with E-state index in [1.54, 1.807) is 13.8 Å². The Morgan fingerprint density at radius 2 is 2.12 bits per heavy atom. The smallest absolute Gasteiger partial charge is 0.103 e. The number of fused-ring (bicyclic) bond motifs is 1. The van der Waals surface area contributed by atoms with E-state index in [2.05, 4.69) is 27.7 Å². The molecule has 1 N–H and O–H groups in total. The van der Waals surface area contributed by atoms with Crippen molar-refractivity contribution in [3.05, 3.63) is 28.4 Å². The summed E-state index contributed by atoms with van der Waals surface area (Å²) in [5.74, 6) is 0. The first-order chi connectivity index (χ1) is 7.43. The van der Waals surface area contributed by atoms with E-state index >= 15 is 0 Å². The maximum Gasteiger partial charge on any atom is 0.103 e. The zero-order valence-electron chi connectivity index (χ0n) is 9.45. The minimum Gasteiger partial charge on any atom is -0.384 e. The summed E-state index contributed by atoms with van der Waals surface area (Å²) in [5, 5.41) is 15.6. The lowest BCUT2D eigenvalue weighted by atomic mass is 10.0. The summed E-state index contributed by atoms with van der Waals surface area (Å²) in [5.41, 5.74) is 0.892. The number of nitrogens with zero attached hydrogens (tertiary/aromatic N) is 2. The van der Waals surface area contributed by atoms with E-state index in [1.807, 2.05) is 22.7 Å². The van der Waals surface area contributed by atoms with Gasteiger partial charge in [0.05, 0.1) is 5.52 Å². The number of rotatable bonds is 2. The highest BCUT2D eigenvalue weighted by atomic mass is 79.9. The average molecular weight is 301 g/mol. The first-order valence-electron chi connectivity index (χ1n) is 5.02. The van der Waals surface area contributed by atoms with E-state index in [-0.39, 0.29) is 0 Å². The molecule has 1 unspecified atom stereocenters. The van der Waals surface area contributed by atoms with Crippen LogP contribution in [0.15, 0.2) is 22.7 Å². The Morgan fingerprint density at radius 3 is 2.69 bits per heavy atom. The molecule has 0 radical (unpaired) electrons. The van der Waals surface area contributed by atoms with Gasteiger partial charge in [-0.3, -0.25) is 0 Å². The van der Waals surface area contributed by atoms with Crippen molar-refractivity contribution in [2.75, 3.05) is 6.66 Å². The van der Waals surface area contributed by atoms with Gasteiger partial charge >= 0.3 is 0 Å². The Balaban J connectivity index is 2.79. The number of benzene rings is 1. The molecule has 0 aliphatic carbocycles. The molecule has 0 bridgehead atoms. The fourth-order valence-corrected chi connectivity index (χ4v) is 2.71. The lowest BCUT2D eigenvalue weighted by Gasteiger charge is -2.14. The van der Waals surface area contributed by atoms with Crippen LogP contribution in [0, 0.1) is 0 Å². The predicted molar refractivity (Wildman–Crippen MR) is 72.3 cm³/mol. The quantitative estimate of drug-likeness (QED) is 0.866. The van der Waals surface area contributed by atoms with Gasteiger partial charge in [-0.25, -0.2) is 4.45 Å². The van der Waals surface area contributed by atoms with Crippen LogP contribution in [0.4, 0.5) is 0 Å². The summed E-state index contributed by atoms with van der Waals surface area (Å²) in [6.45, 7) is 5.60. The van der Waals surface area contributed by atoms with Gasteiger partial charge in [0, 0.05) is 18.6 Å². The highest BCUT2D eigenvalue weighted by molar-refractivity contribution is 9.10. The van der Waals surface area contributed by atoms with Gasteiger partial charge in [-0.05, 0) is 38.7 Å². The molecular formula is C11H14BrN2OP. The maximum absolute atomic E-state index is 10.1. The molecule has 5 heteroatoms. The third kappa shape index (κ3) is 2.02. The van der Waals surface area contributed by atoms with Crippen LogP contribution in [0.5, 0.6) is 0 Å². The van der Waals surface area contributed by atoms with Crippen molar-refractivity contribution in [3.63, 3.8) is 0 Å². The summed E-state index contributed by atoms with van der Waals surface area (Å²) >= 11 is 3.45. The standard InChI is InChI=1S/C11H14BrN2OP/c1-11(2,15)10-8-6-7(12)4-5-9(8)14(13-10)16-3/h4-6,15-16H,1-3H3. The van der Waals surface area contributed by atoms with Gasteiger partial charge in [0.1, 0.15) is 11.3 Å². The van der Waals surface area contributed by atoms with Crippen LogP contribution in [-0.2, 0) is 5.60 Å². The van der Waals surface area contributed by atoms with E-state index in [0.717, 1.165) is 21.1 Å². The van der Waals surface area contributed by atoms with E-state index in [4.69, 9.17) is 0 Å². The summed E-state index contributed by atoms with van der Waals surface area (Å²) in [7, 11) is 0.560. The van der Waals surface area contributed by atoms with Crippen molar-refractivity contribution in [1.29, 1.82) is 0 Å². The van der Waals surface area contributed by atoms with Crippen LogP contribution in [0.25, 0.3) is 10.9 Å². The molecule has 0 aliphatic rings. The molecule has 2 rings (SSSR count). The second-order valence-electron chi connectivity index (χ2n) is 4.20. The number of hydrogen-bond acceptors (Lipinski definition) is 2. The summed E-state index contributed by atoms with van der Waals surface area (Å²) in [4.78, 5) is 0. The minimum absolute atomic E-state index is 0.560. The van der Waals surface area contributed by atoms with Crippen LogP contribution in [-0.4, -0.2) is 21.3 Å². The van der Waals surface area contributed by atoms with Crippen molar-refractivity contribution in [3.8, 4) is 0 Å². The van der Waals surface area contributed by atoms with Crippen LogP contribution < -0.4 is 0 Å². The highest BCUT2D eigenvalue weighted by Crippen LogP contribution is 2.32. The SMILES string of the molecule is CPn1nc(C(C)(C)O)c2cc(Br)ccc21. The summed E-state index contributed by atoms with van der Waals surface area (Å²) in [6, 6.07) is 6.03. The maximum atomic E-state index is 10.1. The molecule has 0 saturated heterocycles. The van der Waals surface area contributed by atoms with Crippen molar-refractivity contribution in [1.82, 2.24) is 9.55 Å². The van der Waals surface area contributed by atoms with Gasteiger partial charge in [-0.1, -0.05) is 15.9 Å². The molecule has 1 aromatic carbocycles. The normalized spacial score (nSPS) is 13.1. The Bertz CT molecular complexity index is 530. The van der Waals surface area contributed by atoms with Crippen molar-refractivity contribution >= 4 is 35.6 Å². The molecule has 0 fully saturated rings. The van der Waals surface area contributed by atoms with E-state index in [1.165, 1.54) is 0 Å². The molecule has 0 aliphatic heterocycles. The van der Waals surface area contributed by atoms with Crippen molar-refractivity contribution < 1.29 is 5.11 Å². The molecule has 16 heavy (non-hydrogen) atoms. The number of halogens is 1. The van der Waals surface area contributed by atoms with Crippen molar-refractivity contribution in [2.45, 2.75) is 19.4 Å². The second kappa shape index (κ2) is 4.10. The Morgan fingerprint density at radius 1 is 1.44 bits per heavy atom. The summed E-state index contributed by atoms with van der Waals surface area (Å²) < 4.78 is 2.94. The third-order valence-electron chi connectivity index (χ3n) is 2.43. The molecule has 1 atom stereocenters. The van der Waals surface area contributed by atoms with Gasteiger partial charge in [0.2, 0.25) is 0 Å². The molecule has 0 saturated carbocycles. The highest BCUT2D eigenvalue weighted by Gasteiger charge is 2.24. The molecule has 3 nitrogen and oxygen atoms in total. The lowest BCUT2D eigenvalue weighted by Crippen LogP contribution is -2.16. The molecule has 2 aromatic rings. The zero-order valence-corrected chi connectivity index (χ0v) is 12.0. The van der Waals surface area contributed by atoms with Gasteiger partial charge < -0.3 is 5.11 Å². The van der Waals surface area contributed by atoms with E-state index in [0.29, 0.717) is 8.73 Å². The second-order valence-corrected chi connectivity index (χ2v) is 5.99. The minimum atomic E-state index is -0.913.